The number of rotatable bonds is 20. The first-order valence-electron chi connectivity index (χ1n) is 13.1. The highest BCUT2D eigenvalue weighted by Gasteiger charge is 2.26. The zero-order valence-electron chi connectivity index (χ0n) is 20.5. The molecule has 0 spiro atoms. The van der Waals surface area contributed by atoms with E-state index in [0.717, 1.165) is 58.2 Å². The molecule has 1 aliphatic heterocycles. The lowest BCUT2D eigenvalue weighted by atomic mass is 10.1. The van der Waals surface area contributed by atoms with Gasteiger partial charge in [-0.25, -0.2) is 0 Å². The lowest BCUT2D eigenvalue weighted by molar-refractivity contribution is -0.132. The number of carbonyl (C=O) groups excluding carboxylic acids is 3. The summed E-state index contributed by atoms with van der Waals surface area (Å²) in [5.41, 5.74) is 5.27. The molecule has 1 atom stereocenters. The van der Waals surface area contributed by atoms with E-state index in [4.69, 9.17) is 5.73 Å². The largest absolute Gasteiger partial charge is 0.370 e. The predicted molar refractivity (Wildman–Crippen MR) is 130 cm³/mol. The van der Waals surface area contributed by atoms with Crippen LogP contribution in [0.4, 0.5) is 0 Å². The van der Waals surface area contributed by atoms with Crippen LogP contribution in [0.1, 0.15) is 110 Å². The molecule has 0 aromatic heterocycles. The number of likely N-dealkylation sites (tertiary alicyclic amines) is 1. The Labute approximate surface area is 195 Å². The van der Waals surface area contributed by atoms with Gasteiger partial charge in [-0.3, -0.25) is 14.4 Å². The minimum atomic E-state index is -0.371. The van der Waals surface area contributed by atoms with Crippen LogP contribution in [0, 0.1) is 0 Å². The molecule has 0 saturated carbocycles. The van der Waals surface area contributed by atoms with Gasteiger partial charge in [0, 0.05) is 32.5 Å². The van der Waals surface area contributed by atoms with E-state index < -0.39 is 0 Å². The van der Waals surface area contributed by atoms with Gasteiger partial charge < -0.3 is 21.3 Å². The van der Waals surface area contributed by atoms with E-state index in [2.05, 4.69) is 17.6 Å². The summed E-state index contributed by atoms with van der Waals surface area (Å²) in [7, 11) is 0. The Morgan fingerprint density at radius 1 is 0.812 bits per heavy atom. The molecular weight excluding hydrogens is 404 g/mol. The van der Waals surface area contributed by atoms with E-state index in [1.807, 2.05) is 4.90 Å². The summed E-state index contributed by atoms with van der Waals surface area (Å²) in [5, 5.41) is 6.34. The fourth-order valence-corrected chi connectivity index (χ4v) is 4.20. The van der Waals surface area contributed by atoms with Gasteiger partial charge in [0.05, 0.1) is 6.04 Å². The van der Waals surface area contributed by atoms with E-state index in [9.17, 15) is 14.4 Å². The number of primary amides is 1. The van der Waals surface area contributed by atoms with Crippen LogP contribution in [0.2, 0.25) is 0 Å². The SMILES string of the molecule is CCCCCCCCCCNC(=O)CCCCCN[C@@H](CCC(N)=O)C(=O)N1CCCC1. The molecule has 0 unspecified atom stereocenters. The molecule has 1 aliphatic rings. The maximum atomic E-state index is 12.7. The molecule has 1 heterocycles. The van der Waals surface area contributed by atoms with Crippen molar-refractivity contribution in [1.29, 1.82) is 0 Å². The topological polar surface area (TPSA) is 105 Å². The lowest BCUT2D eigenvalue weighted by Gasteiger charge is -2.24. The Kier molecular flexibility index (Phi) is 16.8. The van der Waals surface area contributed by atoms with Crippen molar-refractivity contribution in [3.8, 4) is 0 Å². The van der Waals surface area contributed by atoms with Crippen LogP contribution in [-0.4, -0.2) is 54.8 Å². The van der Waals surface area contributed by atoms with E-state index in [-0.39, 0.29) is 30.2 Å². The molecule has 7 heteroatoms. The summed E-state index contributed by atoms with van der Waals surface area (Å²) in [4.78, 5) is 37.6. The number of hydrogen-bond acceptors (Lipinski definition) is 4. The van der Waals surface area contributed by atoms with E-state index in [0.29, 0.717) is 19.4 Å². The standard InChI is InChI=1S/C25H48N4O3/c1-2-3-4-5-6-7-8-11-19-28-24(31)15-10-9-12-18-27-22(16-17-23(26)30)25(32)29-20-13-14-21-29/h22,27H,2-21H2,1H3,(H2,26,30)(H,28,31)/t22-/m0/s1. The lowest BCUT2D eigenvalue weighted by Crippen LogP contribution is -2.46. The van der Waals surface area contributed by atoms with E-state index >= 15 is 0 Å². The first-order chi connectivity index (χ1) is 15.5. The molecule has 0 bridgehead atoms. The zero-order chi connectivity index (χ0) is 23.4. The molecule has 4 N–H and O–H groups in total. The van der Waals surface area contributed by atoms with Gasteiger partial charge in [0.15, 0.2) is 0 Å². The minimum absolute atomic E-state index is 0.0871. The predicted octanol–water partition coefficient (Wildman–Crippen LogP) is 3.65. The molecule has 1 fully saturated rings. The van der Waals surface area contributed by atoms with Crippen LogP contribution in [0.25, 0.3) is 0 Å². The summed E-state index contributed by atoms with van der Waals surface area (Å²) >= 11 is 0. The van der Waals surface area contributed by atoms with Crippen molar-refractivity contribution in [3.05, 3.63) is 0 Å². The molecule has 0 aliphatic carbocycles. The van der Waals surface area contributed by atoms with E-state index in [1.54, 1.807) is 0 Å². The molecule has 1 rings (SSSR count). The van der Waals surface area contributed by atoms with Crippen molar-refractivity contribution in [1.82, 2.24) is 15.5 Å². The smallest absolute Gasteiger partial charge is 0.239 e. The molecule has 0 aromatic rings. The molecule has 0 radical (unpaired) electrons. The fourth-order valence-electron chi connectivity index (χ4n) is 4.20. The van der Waals surface area contributed by atoms with Gasteiger partial charge in [-0.1, -0.05) is 58.3 Å². The molecule has 186 valence electrons. The highest BCUT2D eigenvalue weighted by Crippen LogP contribution is 2.12. The Bertz CT molecular complexity index is 521. The van der Waals surface area contributed by atoms with Gasteiger partial charge in [-0.05, 0) is 45.1 Å². The Balaban J connectivity index is 2.04. The number of nitrogens with one attached hydrogen (secondary N) is 2. The molecule has 7 nitrogen and oxygen atoms in total. The van der Waals surface area contributed by atoms with Gasteiger partial charge in [0.2, 0.25) is 17.7 Å². The molecule has 0 aromatic carbocycles. The van der Waals surface area contributed by atoms with Gasteiger partial charge >= 0.3 is 0 Å². The first-order valence-corrected chi connectivity index (χ1v) is 13.1. The summed E-state index contributed by atoms with van der Waals surface area (Å²) in [6.45, 7) is 5.35. The summed E-state index contributed by atoms with van der Waals surface area (Å²) < 4.78 is 0. The Hall–Kier alpha value is -1.63. The summed E-state index contributed by atoms with van der Waals surface area (Å²) in [5.74, 6) is -0.141. The second kappa shape index (κ2) is 18.9. The number of amides is 3. The van der Waals surface area contributed by atoms with Crippen LogP contribution in [0.15, 0.2) is 0 Å². The third kappa shape index (κ3) is 14.4. The van der Waals surface area contributed by atoms with Crippen molar-refractivity contribution in [2.45, 2.75) is 116 Å². The Morgan fingerprint density at radius 3 is 2.06 bits per heavy atom. The van der Waals surface area contributed by atoms with Crippen LogP contribution in [-0.2, 0) is 14.4 Å². The van der Waals surface area contributed by atoms with Crippen molar-refractivity contribution < 1.29 is 14.4 Å². The van der Waals surface area contributed by atoms with Crippen molar-refractivity contribution in [3.63, 3.8) is 0 Å². The van der Waals surface area contributed by atoms with E-state index in [1.165, 1.54) is 44.9 Å². The second-order valence-electron chi connectivity index (χ2n) is 9.18. The van der Waals surface area contributed by atoms with Crippen LogP contribution in [0.5, 0.6) is 0 Å². The second-order valence-corrected chi connectivity index (χ2v) is 9.18. The van der Waals surface area contributed by atoms with Crippen LogP contribution in [0.3, 0.4) is 0 Å². The number of unbranched alkanes of at least 4 members (excludes halogenated alkanes) is 9. The fraction of sp³-hybridized carbons (Fsp3) is 0.880. The van der Waals surface area contributed by atoms with Crippen LogP contribution < -0.4 is 16.4 Å². The number of nitrogens with two attached hydrogens (primary N) is 1. The van der Waals surface area contributed by atoms with Gasteiger partial charge in [0.1, 0.15) is 0 Å². The molecule has 32 heavy (non-hydrogen) atoms. The van der Waals surface area contributed by atoms with Gasteiger partial charge in [0.25, 0.3) is 0 Å². The maximum absolute atomic E-state index is 12.7. The number of nitrogens with zero attached hydrogens (tertiary/aromatic N) is 1. The summed E-state index contributed by atoms with van der Waals surface area (Å²) in [6.07, 6.45) is 16.2. The monoisotopic (exact) mass is 452 g/mol. The molecule has 1 saturated heterocycles. The number of hydrogen-bond donors (Lipinski definition) is 3. The van der Waals surface area contributed by atoms with Gasteiger partial charge in [-0.2, -0.15) is 0 Å². The van der Waals surface area contributed by atoms with Crippen LogP contribution >= 0.6 is 0 Å². The number of carbonyl (C=O) groups is 3. The molecular formula is C25H48N4O3. The Morgan fingerprint density at radius 2 is 1.41 bits per heavy atom. The average molecular weight is 453 g/mol. The van der Waals surface area contributed by atoms with Crippen molar-refractivity contribution in [2.24, 2.45) is 5.73 Å². The average Bonchev–Trinajstić information content (AvgIpc) is 3.31. The van der Waals surface area contributed by atoms with Crippen molar-refractivity contribution >= 4 is 17.7 Å². The highest BCUT2D eigenvalue weighted by molar-refractivity contribution is 5.83. The maximum Gasteiger partial charge on any atom is 0.239 e. The highest BCUT2D eigenvalue weighted by atomic mass is 16.2. The third-order valence-corrected chi connectivity index (χ3v) is 6.22. The normalized spacial score (nSPS) is 14.5. The molecule has 3 amide bonds. The zero-order valence-corrected chi connectivity index (χ0v) is 20.5. The first kappa shape index (κ1) is 28.4. The summed E-state index contributed by atoms with van der Waals surface area (Å²) in [6, 6.07) is -0.337. The third-order valence-electron chi connectivity index (χ3n) is 6.22. The quantitative estimate of drug-likeness (QED) is 0.245. The minimum Gasteiger partial charge on any atom is -0.370 e. The van der Waals surface area contributed by atoms with Crippen molar-refractivity contribution in [2.75, 3.05) is 26.2 Å². The van der Waals surface area contributed by atoms with Gasteiger partial charge in [-0.15, -0.1) is 0 Å².